The van der Waals surface area contributed by atoms with Crippen molar-refractivity contribution in [3.05, 3.63) is 34.7 Å². The van der Waals surface area contributed by atoms with Gasteiger partial charge in [0.2, 0.25) is 0 Å². The lowest BCUT2D eigenvalue weighted by Crippen LogP contribution is -2.38. The maximum absolute atomic E-state index is 13.0. The molecule has 1 aromatic heterocycles. The van der Waals surface area contributed by atoms with Crippen LogP contribution in [0.1, 0.15) is 23.3 Å². The first-order valence-electron chi connectivity index (χ1n) is 7.62. The molecule has 0 bridgehead atoms. The maximum atomic E-state index is 13.0. The lowest BCUT2D eigenvalue weighted by Gasteiger charge is -2.32. The molecule has 1 saturated heterocycles. The van der Waals surface area contributed by atoms with Crippen molar-refractivity contribution >= 4 is 22.3 Å². The highest BCUT2D eigenvalue weighted by molar-refractivity contribution is 7.16. The lowest BCUT2D eigenvalue weighted by molar-refractivity contribution is -0.139. The lowest BCUT2D eigenvalue weighted by atomic mass is 10.1. The van der Waals surface area contributed by atoms with Crippen LogP contribution in [0.4, 0.5) is 24.1 Å². The van der Waals surface area contributed by atoms with E-state index in [-0.39, 0.29) is 17.7 Å². The minimum atomic E-state index is -4.44. The summed E-state index contributed by atoms with van der Waals surface area (Å²) in [6.07, 6.45) is -3.61. The zero-order valence-corrected chi connectivity index (χ0v) is 13.9. The molecule has 1 fully saturated rings. The first kappa shape index (κ1) is 17.4. The van der Waals surface area contributed by atoms with E-state index in [2.05, 4.69) is 4.98 Å². The summed E-state index contributed by atoms with van der Waals surface area (Å²) < 4.78 is 44.7. The van der Waals surface area contributed by atoms with Crippen LogP contribution in [0.2, 0.25) is 0 Å². The Labute approximate surface area is 146 Å². The van der Waals surface area contributed by atoms with Gasteiger partial charge in [0.05, 0.1) is 5.56 Å². The Morgan fingerprint density at radius 2 is 1.96 bits per heavy atom. The smallest absolute Gasteiger partial charge is 0.419 e. The molecule has 0 amide bonds. The number of nitrogens with two attached hydrogens (primary N) is 1. The number of aromatic nitrogens is 1. The van der Waals surface area contributed by atoms with Crippen molar-refractivity contribution in [3.8, 4) is 11.8 Å². The van der Waals surface area contributed by atoms with E-state index in [1.54, 1.807) is 0 Å². The fraction of sp³-hybridized carbons (Fsp3) is 0.375. The number of thiazole rings is 1. The van der Waals surface area contributed by atoms with Crippen molar-refractivity contribution < 1.29 is 17.9 Å². The predicted octanol–water partition coefficient (Wildman–Crippen LogP) is 3.66. The fourth-order valence-corrected chi connectivity index (χ4v) is 3.52. The zero-order valence-electron chi connectivity index (χ0n) is 13.1. The van der Waals surface area contributed by atoms with Crippen molar-refractivity contribution in [2.45, 2.75) is 25.1 Å². The number of benzene rings is 1. The molecule has 0 spiro atoms. The van der Waals surface area contributed by atoms with Crippen molar-refractivity contribution in [3.63, 3.8) is 0 Å². The van der Waals surface area contributed by atoms with E-state index >= 15 is 0 Å². The second-order valence-electron chi connectivity index (χ2n) is 5.62. The third-order valence-corrected chi connectivity index (χ3v) is 4.98. The van der Waals surface area contributed by atoms with Gasteiger partial charge < -0.3 is 15.4 Å². The predicted molar refractivity (Wildman–Crippen MR) is 88.5 cm³/mol. The number of ether oxygens (including phenoxy) is 1. The largest absolute Gasteiger partial charge is 0.490 e. The molecule has 1 aromatic carbocycles. The van der Waals surface area contributed by atoms with Crippen LogP contribution in [0.15, 0.2) is 24.3 Å². The van der Waals surface area contributed by atoms with Crippen LogP contribution in [0.25, 0.3) is 0 Å². The Morgan fingerprint density at radius 1 is 1.28 bits per heavy atom. The van der Waals surface area contributed by atoms with Crippen molar-refractivity contribution in [2.75, 3.05) is 23.7 Å². The highest BCUT2D eigenvalue weighted by Crippen LogP contribution is 2.37. The number of rotatable bonds is 3. The first-order valence-corrected chi connectivity index (χ1v) is 8.44. The van der Waals surface area contributed by atoms with Gasteiger partial charge in [-0.15, -0.1) is 0 Å². The molecule has 25 heavy (non-hydrogen) atoms. The van der Waals surface area contributed by atoms with Crippen LogP contribution >= 0.6 is 11.3 Å². The van der Waals surface area contributed by atoms with Crippen LogP contribution < -0.4 is 15.4 Å². The molecule has 0 aliphatic carbocycles. The number of para-hydroxylation sites is 1. The number of nitrogens with zero attached hydrogens (tertiary/aromatic N) is 3. The van der Waals surface area contributed by atoms with Crippen LogP contribution in [-0.2, 0) is 6.18 Å². The topological polar surface area (TPSA) is 75.2 Å². The molecule has 0 saturated carbocycles. The molecule has 2 N–H and O–H groups in total. The Hall–Kier alpha value is -2.47. The van der Waals surface area contributed by atoms with Gasteiger partial charge in [0.1, 0.15) is 22.8 Å². The third-order valence-electron chi connectivity index (χ3n) is 3.94. The Morgan fingerprint density at radius 3 is 2.56 bits per heavy atom. The number of alkyl halides is 3. The molecule has 0 unspecified atom stereocenters. The minimum absolute atomic E-state index is 0.140. The van der Waals surface area contributed by atoms with Gasteiger partial charge in [0.15, 0.2) is 10.9 Å². The van der Waals surface area contributed by atoms with E-state index in [0.717, 1.165) is 6.07 Å². The van der Waals surface area contributed by atoms with E-state index in [9.17, 15) is 13.2 Å². The number of nitriles is 1. The van der Waals surface area contributed by atoms with Gasteiger partial charge in [-0.3, -0.25) is 0 Å². The third kappa shape index (κ3) is 3.79. The van der Waals surface area contributed by atoms with E-state index in [1.807, 2.05) is 11.0 Å². The van der Waals surface area contributed by atoms with E-state index in [1.165, 1.54) is 29.5 Å². The number of piperidine rings is 1. The highest BCUT2D eigenvalue weighted by Gasteiger charge is 2.35. The van der Waals surface area contributed by atoms with Crippen LogP contribution in [0, 0.1) is 11.3 Å². The van der Waals surface area contributed by atoms with Gasteiger partial charge in [-0.05, 0) is 12.1 Å². The Kier molecular flexibility index (Phi) is 4.72. The number of hydrogen-bond acceptors (Lipinski definition) is 6. The van der Waals surface area contributed by atoms with E-state index in [4.69, 9.17) is 15.7 Å². The second kappa shape index (κ2) is 6.80. The molecule has 9 heteroatoms. The molecule has 0 atom stereocenters. The number of hydrogen-bond donors (Lipinski definition) is 1. The molecule has 132 valence electrons. The molecule has 0 radical (unpaired) electrons. The Balaban J connectivity index is 1.65. The molecular formula is C16H15F3N4OS. The van der Waals surface area contributed by atoms with Crippen molar-refractivity contribution in [1.82, 2.24) is 4.98 Å². The van der Waals surface area contributed by atoms with E-state index < -0.39 is 11.7 Å². The minimum Gasteiger partial charge on any atom is -0.490 e. The average Bonchev–Trinajstić information content (AvgIpc) is 2.96. The fourth-order valence-electron chi connectivity index (χ4n) is 2.68. The second-order valence-corrected chi connectivity index (χ2v) is 6.60. The van der Waals surface area contributed by atoms with Gasteiger partial charge in [0, 0.05) is 25.9 Å². The van der Waals surface area contributed by atoms with E-state index in [0.29, 0.717) is 35.9 Å². The summed E-state index contributed by atoms with van der Waals surface area (Å²) in [6.45, 7) is 1.16. The summed E-state index contributed by atoms with van der Waals surface area (Å²) in [5.41, 5.74) is 4.90. The van der Waals surface area contributed by atoms with Gasteiger partial charge >= 0.3 is 6.18 Å². The summed E-state index contributed by atoms with van der Waals surface area (Å²) in [7, 11) is 0. The van der Waals surface area contributed by atoms with Gasteiger partial charge in [-0.25, -0.2) is 4.98 Å². The van der Waals surface area contributed by atoms with Crippen molar-refractivity contribution in [2.24, 2.45) is 0 Å². The molecule has 2 heterocycles. The van der Waals surface area contributed by atoms with Crippen LogP contribution in [-0.4, -0.2) is 24.2 Å². The summed E-state index contributed by atoms with van der Waals surface area (Å²) >= 11 is 1.22. The molecule has 1 aliphatic rings. The summed E-state index contributed by atoms with van der Waals surface area (Å²) in [4.78, 5) is 6.51. The zero-order chi connectivity index (χ0) is 18.0. The normalized spacial score (nSPS) is 15.8. The van der Waals surface area contributed by atoms with Crippen LogP contribution in [0.3, 0.4) is 0 Å². The standard InChI is InChI=1S/C16H15F3N4OS/c17-16(18,19)11-3-1-2-4-12(11)24-10-5-7-23(8-6-10)15-22-14(21)13(9-20)25-15/h1-4,10H,5-8,21H2. The number of halogens is 3. The summed E-state index contributed by atoms with van der Waals surface area (Å²) in [5, 5.41) is 9.59. The molecule has 1 aliphatic heterocycles. The monoisotopic (exact) mass is 368 g/mol. The molecular weight excluding hydrogens is 353 g/mol. The quantitative estimate of drug-likeness (QED) is 0.895. The average molecular weight is 368 g/mol. The highest BCUT2D eigenvalue weighted by atomic mass is 32.1. The molecule has 5 nitrogen and oxygen atoms in total. The SMILES string of the molecule is N#Cc1sc(N2CCC(Oc3ccccc3C(F)(F)F)CC2)nc1N. The van der Waals surface area contributed by atoms with Gasteiger partial charge in [-0.2, -0.15) is 18.4 Å². The maximum Gasteiger partial charge on any atom is 0.419 e. The molecule has 3 rings (SSSR count). The Bertz CT molecular complexity index is 791. The van der Waals surface area contributed by atoms with Gasteiger partial charge in [-0.1, -0.05) is 23.5 Å². The number of anilines is 2. The first-order chi connectivity index (χ1) is 11.9. The number of nitrogen functional groups attached to an aromatic ring is 1. The van der Waals surface area contributed by atoms with Crippen LogP contribution in [0.5, 0.6) is 5.75 Å². The van der Waals surface area contributed by atoms with Crippen molar-refractivity contribution in [1.29, 1.82) is 5.26 Å². The summed E-state index contributed by atoms with van der Waals surface area (Å²) in [6, 6.07) is 7.23. The van der Waals surface area contributed by atoms with Gasteiger partial charge in [0.25, 0.3) is 0 Å². The molecule has 2 aromatic rings. The summed E-state index contributed by atoms with van der Waals surface area (Å²) in [5.74, 6) is 0.0682.